The molecule has 0 saturated heterocycles. The van der Waals surface area contributed by atoms with E-state index in [2.05, 4.69) is 67.6 Å². The summed E-state index contributed by atoms with van der Waals surface area (Å²) in [5.41, 5.74) is 4.07. The Bertz CT molecular complexity index is 1030. The first-order valence-electron chi connectivity index (χ1n) is 11.0. The number of carbonyl (C=O) groups is 1. The van der Waals surface area contributed by atoms with Gasteiger partial charge >= 0.3 is 6.09 Å². The van der Waals surface area contributed by atoms with Crippen molar-refractivity contribution in [3.63, 3.8) is 0 Å². The minimum absolute atomic E-state index is 0.226. The van der Waals surface area contributed by atoms with E-state index in [1.54, 1.807) is 0 Å². The Morgan fingerprint density at radius 3 is 2.45 bits per heavy atom. The first-order valence-corrected chi connectivity index (χ1v) is 11.0. The van der Waals surface area contributed by atoms with Crippen LogP contribution in [0.5, 0.6) is 0 Å². The van der Waals surface area contributed by atoms with Crippen molar-refractivity contribution in [3.05, 3.63) is 90.0 Å². The number of fused-ring (bicyclic) bond motifs is 3. The second kappa shape index (κ2) is 8.58. The molecule has 1 heterocycles. The standard InChI is InChI=1S/C28H31NO2/c1-5-11-21-18-24-23-14-9-10-15-26(23)29(27(30)31-28(2,3)4)19-25(24)22(21)17-16-20-12-7-6-8-13-20/h5-18,21-22,25H,19H2,1-4H3/b11-5+,17-16+/t21-,22+,25-/m0/s1. The highest BCUT2D eigenvalue weighted by atomic mass is 16.6. The summed E-state index contributed by atoms with van der Waals surface area (Å²) in [6.07, 6.45) is 11.0. The Kier molecular flexibility index (Phi) is 5.86. The van der Waals surface area contributed by atoms with Gasteiger partial charge in [-0.15, -0.1) is 0 Å². The first-order chi connectivity index (χ1) is 14.9. The molecule has 1 amide bonds. The number of hydrogen-bond donors (Lipinski definition) is 0. The van der Waals surface area contributed by atoms with Gasteiger partial charge in [-0.1, -0.05) is 78.9 Å². The third-order valence-corrected chi connectivity index (χ3v) is 5.90. The highest BCUT2D eigenvalue weighted by Gasteiger charge is 2.42. The van der Waals surface area contributed by atoms with Crippen LogP contribution >= 0.6 is 0 Å². The molecule has 0 saturated carbocycles. The maximum atomic E-state index is 13.1. The molecule has 0 bridgehead atoms. The summed E-state index contributed by atoms with van der Waals surface area (Å²) in [5.74, 6) is 0.810. The van der Waals surface area contributed by atoms with E-state index in [0.29, 0.717) is 12.5 Å². The van der Waals surface area contributed by atoms with Gasteiger partial charge in [0.2, 0.25) is 0 Å². The smallest absolute Gasteiger partial charge is 0.414 e. The monoisotopic (exact) mass is 413 g/mol. The molecule has 3 atom stereocenters. The van der Waals surface area contributed by atoms with Crippen molar-refractivity contribution in [2.45, 2.75) is 33.3 Å². The average Bonchev–Trinajstić information content (AvgIpc) is 3.09. The lowest BCUT2D eigenvalue weighted by Gasteiger charge is -2.37. The number of allylic oxidation sites excluding steroid dienone is 4. The number of para-hydroxylation sites is 1. The second-order valence-corrected chi connectivity index (χ2v) is 9.29. The summed E-state index contributed by atoms with van der Waals surface area (Å²) < 4.78 is 5.76. The molecular formula is C28H31NO2. The van der Waals surface area contributed by atoms with Gasteiger partial charge in [0.15, 0.2) is 0 Å². The summed E-state index contributed by atoms with van der Waals surface area (Å²) >= 11 is 0. The highest BCUT2D eigenvalue weighted by Crippen LogP contribution is 2.49. The van der Waals surface area contributed by atoms with Crippen molar-refractivity contribution in [1.82, 2.24) is 0 Å². The molecule has 1 aliphatic carbocycles. The Balaban J connectivity index is 1.72. The maximum absolute atomic E-state index is 13.1. The lowest BCUT2D eigenvalue weighted by Crippen LogP contribution is -2.43. The predicted octanol–water partition coefficient (Wildman–Crippen LogP) is 6.98. The summed E-state index contributed by atoms with van der Waals surface area (Å²) in [6.45, 7) is 8.42. The number of amides is 1. The number of carbonyl (C=O) groups excluding carboxylic acids is 1. The van der Waals surface area contributed by atoms with Gasteiger partial charge in [0, 0.05) is 23.9 Å². The van der Waals surface area contributed by atoms with Crippen molar-refractivity contribution >= 4 is 23.4 Å². The molecule has 0 radical (unpaired) electrons. The molecule has 31 heavy (non-hydrogen) atoms. The molecular weight excluding hydrogens is 382 g/mol. The fraction of sp³-hybridized carbons (Fsp3) is 0.321. The first kappa shape index (κ1) is 21.2. The minimum Gasteiger partial charge on any atom is -0.443 e. The van der Waals surface area contributed by atoms with Crippen LogP contribution in [0.1, 0.15) is 38.8 Å². The van der Waals surface area contributed by atoms with Gasteiger partial charge in [-0.2, -0.15) is 0 Å². The molecule has 3 nitrogen and oxygen atoms in total. The molecule has 2 aromatic carbocycles. The van der Waals surface area contributed by atoms with E-state index in [1.165, 1.54) is 11.1 Å². The lowest BCUT2D eigenvalue weighted by atomic mass is 9.80. The van der Waals surface area contributed by atoms with Crippen molar-refractivity contribution in [3.8, 4) is 0 Å². The van der Waals surface area contributed by atoms with E-state index in [9.17, 15) is 4.79 Å². The molecule has 0 aromatic heterocycles. The van der Waals surface area contributed by atoms with Gasteiger partial charge < -0.3 is 4.74 Å². The Morgan fingerprint density at radius 2 is 1.74 bits per heavy atom. The molecule has 2 aromatic rings. The molecule has 3 heteroatoms. The molecule has 1 aliphatic heterocycles. The van der Waals surface area contributed by atoms with E-state index in [0.717, 1.165) is 11.3 Å². The van der Waals surface area contributed by atoms with E-state index >= 15 is 0 Å². The van der Waals surface area contributed by atoms with Crippen LogP contribution < -0.4 is 4.90 Å². The maximum Gasteiger partial charge on any atom is 0.414 e. The van der Waals surface area contributed by atoms with Gasteiger partial charge in [0.25, 0.3) is 0 Å². The van der Waals surface area contributed by atoms with Crippen molar-refractivity contribution in [2.24, 2.45) is 17.8 Å². The quantitative estimate of drug-likeness (QED) is 0.508. The average molecular weight is 414 g/mol. The number of benzene rings is 2. The number of ether oxygens (including phenoxy) is 1. The van der Waals surface area contributed by atoms with Crippen LogP contribution in [0.4, 0.5) is 10.5 Å². The zero-order valence-electron chi connectivity index (χ0n) is 18.8. The van der Waals surface area contributed by atoms with Crippen molar-refractivity contribution < 1.29 is 9.53 Å². The summed E-state index contributed by atoms with van der Waals surface area (Å²) in [7, 11) is 0. The van der Waals surface area contributed by atoms with E-state index in [-0.39, 0.29) is 17.9 Å². The normalized spacial score (nSPS) is 23.0. The number of hydrogen-bond acceptors (Lipinski definition) is 2. The van der Waals surface area contributed by atoms with Crippen LogP contribution in [-0.4, -0.2) is 18.2 Å². The SMILES string of the molecule is C/C=C/[C@H]1C=C2c3ccccc3N(C(=O)OC(C)(C)C)C[C@H]2[C@@H]1/C=C/c1ccccc1. The third-order valence-electron chi connectivity index (χ3n) is 5.90. The van der Waals surface area contributed by atoms with E-state index < -0.39 is 5.60 Å². The van der Waals surface area contributed by atoms with E-state index in [1.807, 2.05) is 49.9 Å². The van der Waals surface area contributed by atoms with Crippen LogP contribution in [0.3, 0.4) is 0 Å². The fourth-order valence-corrected chi connectivity index (χ4v) is 4.62. The molecule has 0 unspecified atom stereocenters. The molecule has 4 rings (SSSR count). The van der Waals surface area contributed by atoms with Gasteiger partial charge in [-0.25, -0.2) is 4.79 Å². The highest BCUT2D eigenvalue weighted by molar-refractivity contribution is 5.96. The predicted molar refractivity (Wildman–Crippen MR) is 129 cm³/mol. The summed E-state index contributed by atoms with van der Waals surface area (Å²) in [4.78, 5) is 14.9. The van der Waals surface area contributed by atoms with Crippen LogP contribution in [-0.2, 0) is 4.74 Å². The molecule has 0 fully saturated rings. The topological polar surface area (TPSA) is 29.5 Å². The van der Waals surface area contributed by atoms with Crippen LogP contribution in [0.25, 0.3) is 11.6 Å². The third kappa shape index (κ3) is 4.51. The zero-order chi connectivity index (χ0) is 22.0. The minimum atomic E-state index is -0.530. The molecule has 160 valence electrons. The largest absolute Gasteiger partial charge is 0.443 e. The Morgan fingerprint density at radius 1 is 1.03 bits per heavy atom. The van der Waals surface area contributed by atoms with Crippen molar-refractivity contribution in [1.29, 1.82) is 0 Å². The number of nitrogens with zero attached hydrogens (tertiary/aromatic N) is 1. The van der Waals surface area contributed by atoms with Gasteiger partial charge in [-0.3, -0.25) is 4.90 Å². The lowest BCUT2D eigenvalue weighted by molar-refractivity contribution is 0.0574. The molecule has 0 spiro atoms. The van der Waals surface area contributed by atoms with Crippen LogP contribution in [0.2, 0.25) is 0 Å². The number of anilines is 1. The van der Waals surface area contributed by atoms with Gasteiger partial charge in [0.05, 0.1) is 5.69 Å². The number of rotatable bonds is 3. The van der Waals surface area contributed by atoms with E-state index in [4.69, 9.17) is 4.74 Å². The Hall–Kier alpha value is -3.07. The fourth-order valence-electron chi connectivity index (χ4n) is 4.62. The van der Waals surface area contributed by atoms with Gasteiger partial charge in [-0.05, 0) is 50.8 Å². The van der Waals surface area contributed by atoms with Gasteiger partial charge in [0.1, 0.15) is 5.60 Å². The Labute approximate surface area is 185 Å². The molecule has 2 aliphatic rings. The van der Waals surface area contributed by atoms with Crippen LogP contribution in [0.15, 0.2) is 78.9 Å². The summed E-state index contributed by atoms with van der Waals surface area (Å²) in [5, 5.41) is 0. The van der Waals surface area contributed by atoms with Crippen LogP contribution in [0, 0.1) is 17.8 Å². The summed E-state index contributed by atoms with van der Waals surface area (Å²) in [6, 6.07) is 18.6. The second-order valence-electron chi connectivity index (χ2n) is 9.29. The molecule has 0 N–H and O–H groups in total. The zero-order valence-corrected chi connectivity index (χ0v) is 18.8. The van der Waals surface area contributed by atoms with Crippen molar-refractivity contribution in [2.75, 3.05) is 11.4 Å².